The lowest BCUT2D eigenvalue weighted by atomic mass is 10.2. The van der Waals surface area contributed by atoms with Crippen LogP contribution in [-0.2, 0) is 4.74 Å². The number of amides is 1. The van der Waals surface area contributed by atoms with E-state index in [0.29, 0.717) is 26.3 Å². The molecule has 0 unspecified atom stereocenters. The molecule has 0 bridgehead atoms. The first-order valence-electron chi connectivity index (χ1n) is 5.09. The van der Waals surface area contributed by atoms with E-state index in [2.05, 4.69) is 5.32 Å². The summed E-state index contributed by atoms with van der Waals surface area (Å²) in [6, 6.07) is 6.39. The molecule has 0 spiro atoms. The summed E-state index contributed by atoms with van der Waals surface area (Å²) in [7, 11) is 0. The minimum atomic E-state index is -0.311. The number of hydrogen-bond donors (Lipinski definition) is 3. The van der Waals surface area contributed by atoms with Gasteiger partial charge in [0.2, 0.25) is 0 Å². The Morgan fingerprint density at radius 2 is 2.12 bits per heavy atom. The highest BCUT2D eigenvalue weighted by Crippen LogP contribution is 2.14. The van der Waals surface area contributed by atoms with Gasteiger partial charge in [-0.25, -0.2) is 0 Å². The first-order valence-corrected chi connectivity index (χ1v) is 5.09. The molecule has 1 rings (SSSR count). The number of phenols is 1. The van der Waals surface area contributed by atoms with Gasteiger partial charge >= 0.3 is 0 Å². The van der Waals surface area contributed by atoms with E-state index in [0.717, 1.165) is 0 Å². The third-order valence-electron chi connectivity index (χ3n) is 1.94. The maximum atomic E-state index is 11.5. The highest BCUT2D eigenvalue weighted by atomic mass is 16.5. The molecule has 1 amide bonds. The van der Waals surface area contributed by atoms with E-state index >= 15 is 0 Å². The molecule has 1 aromatic rings. The molecule has 16 heavy (non-hydrogen) atoms. The van der Waals surface area contributed by atoms with E-state index in [1.165, 1.54) is 6.07 Å². The van der Waals surface area contributed by atoms with Crippen LogP contribution in [0, 0.1) is 0 Å². The summed E-state index contributed by atoms with van der Waals surface area (Å²) >= 11 is 0. The fourth-order valence-electron chi connectivity index (χ4n) is 1.18. The van der Waals surface area contributed by atoms with E-state index in [1.54, 1.807) is 18.2 Å². The van der Waals surface area contributed by atoms with Crippen LogP contribution in [0.1, 0.15) is 10.4 Å². The predicted molar refractivity (Wildman–Crippen MR) is 60.3 cm³/mol. The van der Waals surface area contributed by atoms with Crippen molar-refractivity contribution in [1.29, 1.82) is 0 Å². The number of nitrogens with one attached hydrogen (secondary N) is 1. The number of nitrogens with two attached hydrogens (primary N) is 1. The van der Waals surface area contributed by atoms with Gasteiger partial charge in [-0.2, -0.15) is 0 Å². The van der Waals surface area contributed by atoms with Crippen molar-refractivity contribution in [3.05, 3.63) is 29.8 Å². The van der Waals surface area contributed by atoms with Crippen molar-refractivity contribution < 1.29 is 14.6 Å². The van der Waals surface area contributed by atoms with Crippen LogP contribution in [0.3, 0.4) is 0 Å². The molecule has 0 saturated carbocycles. The molecule has 4 N–H and O–H groups in total. The van der Waals surface area contributed by atoms with Gasteiger partial charge in [-0.15, -0.1) is 0 Å². The highest BCUT2D eigenvalue weighted by Gasteiger charge is 2.08. The molecule has 5 heteroatoms. The summed E-state index contributed by atoms with van der Waals surface area (Å²) in [5, 5.41) is 12.0. The van der Waals surface area contributed by atoms with E-state index < -0.39 is 0 Å². The number of ether oxygens (including phenoxy) is 1. The van der Waals surface area contributed by atoms with Gasteiger partial charge in [0.15, 0.2) is 0 Å². The molecular formula is C11H16N2O3. The van der Waals surface area contributed by atoms with Gasteiger partial charge in [-0.05, 0) is 12.1 Å². The van der Waals surface area contributed by atoms with Crippen LogP contribution in [0.25, 0.3) is 0 Å². The van der Waals surface area contributed by atoms with Gasteiger partial charge < -0.3 is 20.9 Å². The standard InChI is InChI=1S/C11H16N2O3/c12-5-7-16-8-6-13-11(15)9-3-1-2-4-10(9)14/h1-4,14H,5-8,12H2,(H,13,15). The Morgan fingerprint density at radius 1 is 1.38 bits per heavy atom. The van der Waals surface area contributed by atoms with Crippen LogP contribution in [0.15, 0.2) is 24.3 Å². The molecule has 0 aliphatic carbocycles. The Labute approximate surface area is 94.2 Å². The largest absolute Gasteiger partial charge is 0.507 e. The Balaban J connectivity index is 2.33. The van der Waals surface area contributed by atoms with Crippen molar-refractivity contribution in [1.82, 2.24) is 5.32 Å². The molecule has 0 heterocycles. The van der Waals surface area contributed by atoms with Gasteiger partial charge in [0.05, 0.1) is 18.8 Å². The lowest BCUT2D eigenvalue weighted by molar-refractivity contribution is 0.0917. The fraction of sp³-hybridized carbons (Fsp3) is 0.364. The first-order chi connectivity index (χ1) is 7.75. The van der Waals surface area contributed by atoms with Crippen molar-refractivity contribution in [3.63, 3.8) is 0 Å². The van der Waals surface area contributed by atoms with E-state index in [1.807, 2.05) is 0 Å². The highest BCUT2D eigenvalue weighted by molar-refractivity contribution is 5.96. The lowest BCUT2D eigenvalue weighted by Gasteiger charge is -2.06. The Kier molecular flexibility index (Phi) is 5.31. The molecule has 0 aliphatic heterocycles. The van der Waals surface area contributed by atoms with Gasteiger partial charge in [-0.1, -0.05) is 12.1 Å². The minimum absolute atomic E-state index is 0.0251. The molecule has 0 radical (unpaired) electrons. The average molecular weight is 224 g/mol. The van der Waals surface area contributed by atoms with Crippen LogP contribution in [0.2, 0.25) is 0 Å². The maximum Gasteiger partial charge on any atom is 0.255 e. The lowest BCUT2D eigenvalue weighted by Crippen LogP contribution is -2.27. The van der Waals surface area contributed by atoms with Gasteiger partial charge in [0.1, 0.15) is 5.75 Å². The second kappa shape index (κ2) is 6.81. The van der Waals surface area contributed by atoms with Crippen LogP contribution >= 0.6 is 0 Å². The van der Waals surface area contributed by atoms with Gasteiger partial charge in [0.25, 0.3) is 5.91 Å². The van der Waals surface area contributed by atoms with Crippen molar-refractivity contribution in [2.75, 3.05) is 26.3 Å². The zero-order chi connectivity index (χ0) is 11.8. The number of carbonyl (C=O) groups is 1. The van der Waals surface area contributed by atoms with Crippen molar-refractivity contribution in [2.45, 2.75) is 0 Å². The number of rotatable bonds is 6. The van der Waals surface area contributed by atoms with Crippen molar-refractivity contribution in [3.8, 4) is 5.75 Å². The third kappa shape index (κ3) is 3.88. The predicted octanol–water partition coefficient (Wildman–Crippen LogP) is 0.0973. The van der Waals surface area contributed by atoms with Crippen molar-refractivity contribution in [2.24, 2.45) is 5.73 Å². The summed E-state index contributed by atoms with van der Waals surface area (Å²) in [6.07, 6.45) is 0. The van der Waals surface area contributed by atoms with Gasteiger partial charge in [-0.3, -0.25) is 4.79 Å². The van der Waals surface area contributed by atoms with Crippen LogP contribution < -0.4 is 11.1 Å². The normalized spacial score (nSPS) is 10.1. The molecule has 0 aromatic heterocycles. The molecule has 1 aromatic carbocycles. The zero-order valence-corrected chi connectivity index (χ0v) is 8.98. The van der Waals surface area contributed by atoms with E-state index in [-0.39, 0.29) is 17.2 Å². The zero-order valence-electron chi connectivity index (χ0n) is 8.98. The summed E-state index contributed by atoms with van der Waals surface area (Å²) in [5.41, 5.74) is 5.50. The molecule has 0 saturated heterocycles. The van der Waals surface area contributed by atoms with Crippen LogP contribution in [0.5, 0.6) is 5.75 Å². The molecule has 0 aliphatic rings. The SMILES string of the molecule is NCCOCCNC(=O)c1ccccc1O. The monoisotopic (exact) mass is 224 g/mol. The van der Waals surface area contributed by atoms with Gasteiger partial charge in [0, 0.05) is 13.1 Å². The molecule has 0 fully saturated rings. The third-order valence-corrected chi connectivity index (χ3v) is 1.94. The minimum Gasteiger partial charge on any atom is -0.507 e. The quantitative estimate of drug-likeness (QED) is 0.598. The van der Waals surface area contributed by atoms with Crippen molar-refractivity contribution >= 4 is 5.91 Å². The Bertz CT molecular complexity index is 342. The number of carbonyl (C=O) groups excluding carboxylic acids is 1. The summed E-state index contributed by atoms with van der Waals surface area (Å²) in [6.45, 7) is 1.75. The fourth-order valence-corrected chi connectivity index (χ4v) is 1.18. The number of hydrogen-bond acceptors (Lipinski definition) is 4. The summed E-state index contributed by atoms with van der Waals surface area (Å²) in [4.78, 5) is 11.5. The molecule has 5 nitrogen and oxygen atoms in total. The molecular weight excluding hydrogens is 208 g/mol. The number of benzene rings is 1. The molecule has 0 atom stereocenters. The second-order valence-corrected chi connectivity index (χ2v) is 3.17. The number of phenolic OH excluding ortho intramolecular Hbond substituents is 1. The van der Waals surface area contributed by atoms with Crippen LogP contribution in [0.4, 0.5) is 0 Å². The van der Waals surface area contributed by atoms with E-state index in [9.17, 15) is 9.90 Å². The second-order valence-electron chi connectivity index (χ2n) is 3.17. The Morgan fingerprint density at radius 3 is 2.81 bits per heavy atom. The van der Waals surface area contributed by atoms with E-state index in [4.69, 9.17) is 10.5 Å². The maximum absolute atomic E-state index is 11.5. The number of para-hydroxylation sites is 1. The summed E-state index contributed by atoms with van der Waals surface area (Å²) in [5.74, 6) is -0.336. The summed E-state index contributed by atoms with van der Waals surface area (Å²) < 4.78 is 5.10. The Hall–Kier alpha value is -1.59. The molecule has 88 valence electrons. The smallest absolute Gasteiger partial charge is 0.255 e. The number of aromatic hydroxyl groups is 1. The topological polar surface area (TPSA) is 84.6 Å². The van der Waals surface area contributed by atoms with Crippen LogP contribution in [-0.4, -0.2) is 37.3 Å². The first kappa shape index (κ1) is 12.5. The average Bonchev–Trinajstić information content (AvgIpc) is 2.29.